The molecular formula is C14H21N3O2S. The third-order valence-corrected chi connectivity index (χ3v) is 7.26. The predicted molar refractivity (Wildman–Crippen MR) is 74.8 cm³/mol. The van der Waals surface area contributed by atoms with Gasteiger partial charge in [0.05, 0.1) is 12.2 Å². The number of hydrogen-bond donors (Lipinski definition) is 0. The molecule has 110 valence electrons. The van der Waals surface area contributed by atoms with Gasteiger partial charge in [-0.3, -0.25) is 0 Å². The van der Waals surface area contributed by atoms with Crippen LogP contribution in [-0.4, -0.2) is 35.1 Å². The first-order valence-electron chi connectivity index (χ1n) is 7.73. The van der Waals surface area contributed by atoms with Crippen LogP contribution in [0, 0.1) is 5.92 Å². The van der Waals surface area contributed by atoms with Gasteiger partial charge in [-0.15, -0.1) is 0 Å². The van der Waals surface area contributed by atoms with E-state index in [0.29, 0.717) is 17.5 Å². The summed E-state index contributed by atoms with van der Waals surface area (Å²) < 4.78 is 29.4. The molecule has 6 heteroatoms. The number of hydrogen-bond acceptors (Lipinski definition) is 3. The summed E-state index contributed by atoms with van der Waals surface area (Å²) in [5.74, 6) is 0.588. The normalized spacial score (nSPS) is 31.4. The van der Waals surface area contributed by atoms with E-state index in [9.17, 15) is 8.42 Å². The molecule has 2 saturated carbocycles. The van der Waals surface area contributed by atoms with Crippen molar-refractivity contribution in [3.8, 4) is 0 Å². The second kappa shape index (κ2) is 4.56. The molecule has 3 fully saturated rings. The van der Waals surface area contributed by atoms with Crippen molar-refractivity contribution in [3.05, 3.63) is 12.3 Å². The van der Waals surface area contributed by atoms with E-state index < -0.39 is 10.0 Å². The fourth-order valence-electron chi connectivity index (χ4n) is 4.02. The minimum Gasteiger partial charge on any atom is -0.250 e. The number of aromatic nitrogens is 2. The molecule has 0 N–H and O–H groups in total. The standard InChI is InChI=1S/C14H21N3O2S/c18-20(19,16-10-8-11-3-1-6-13(11)16)14-7-9-15-17(14)12-4-2-5-12/h7,9,11-13H,1-6,8,10H2. The number of nitrogens with zero attached hydrogens (tertiary/aromatic N) is 3. The fraction of sp³-hybridized carbons (Fsp3) is 0.786. The lowest BCUT2D eigenvalue weighted by Gasteiger charge is -2.29. The van der Waals surface area contributed by atoms with Crippen LogP contribution < -0.4 is 0 Å². The van der Waals surface area contributed by atoms with Crippen LogP contribution in [0.4, 0.5) is 0 Å². The SMILES string of the molecule is O=S(=O)(c1ccnn1C1CCC1)N1CCC2CCCC21. The Morgan fingerprint density at radius 1 is 1.10 bits per heavy atom. The maximum atomic E-state index is 13.0. The van der Waals surface area contributed by atoms with Crippen molar-refractivity contribution in [1.29, 1.82) is 0 Å². The van der Waals surface area contributed by atoms with Gasteiger partial charge in [-0.25, -0.2) is 13.1 Å². The topological polar surface area (TPSA) is 55.2 Å². The fourth-order valence-corrected chi connectivity index (χ4v) is 5.91. The molecule has 0 spiro atoms. The first-order chi connectivity index (χ1) is 9.68. The van der Waals surface area contributed by atoms with Crippen molar-refractivity contribution in [1.82, 2.24) is 14.1 Å². The minimum atomic E-state index is -3.37. The first-order valence-corrected chi connectivity index (χ1v) is 9.17. The summed E-state index contributed by atoms with van der Waals surface area (Å²) in [5, 5.41) is 4.68. The monoisotopic (exact) mass is 295 g/mol. The molecule has 1 aromatic rings. The van der Waals surface area contributed by atoms with Crippen LogP contribution in [-0.2, 0) is 10.0 Å². The third-order valence-electron chi connectivity index (χ3n) is 5.34. The summed E-state index contributed by atoms with van der Waals surface area (Å²) >= 11 is 0. The minimum absolute atomic E-state index is 0.241. The van der Waals surface area contributed by atoms with Gasteiger partial charge in [0.1, 0.15) is 0 Å². The van der Waals surface area contributed by atoms with E-state index in [1.54, 1.807) is 21.3 Å². The van der Waals surface area contributed by atoms with Crippen LogP contribution in [0.15, 0.2) is 17.3 Å². The van der Waals surface area contributed by atoms with Gasteiger partial charge in [0, 0.05) is 12.6 Å². The second-order valence-electron chi connectivity index (χ2n) is 6.36. The van der Waals surface area contributed by atoms with Crippen LogP contribution in [0.3, 0.4) is 0 Å². The Balaban J connectivity index is 1.68. The second-order valence-corrected chi connectivity index (χ2v) is 8.20. The molecule has 2 atom stereocenters. The zero-order valence-corrected chi connectivity index (χ0v) is 12.4. The lowest BCUT2D eigenvalue weighted by molar-refractivity contribution is 0.267. The van der Waals surface area contributed by atoms with Crippen LogP contribution in [0.25, 0.3) is 0 Å². The van der Waals surface area contributed by atoms with Crippen LogP contribution >= 0.6 is 0 Å². The molecule has 0 radical (unpaired) electrons. The highest BCUT2D eigenvalue weighted by Crippen LogP contribution is 2.41. The summed E-state index contributed by atoms with van der Waals surface area (Å²) in [5.41, 5.74) is 0. The molecule has 0 amide bonds. The molecule has 1 aliphatic heterocycles. The molecule has 2 unspecified atom stereocenters. The maximum Gasteiger partial charge on any atom is 0.260 e. The Bertz CT molecular complexity index is 606. The number of fused-ring (bicyclic) bond motifs is 1. The van der Waals surface area contributed by atoms with Crippen molar-refractivity contribution in [2.24, 2.45) is 5.92 Å². The van der Waals surface area contributed by atoms with E-state index in [2.05, 4.69) is 5.10 Å². The van der Waals surface area contributed by atoms with Gasteiger partial charge < -0.3 is 0 Å². The Morgan fingerprint density at radius 2 is 1.90 bits per heavy atom. The van der Waals surface area contributed by atoms with Crippen molar-refractivity contribution >= 4 is 10.0 Å². The summed E-state index contributed by atoms with van der Waals surface area (Å²) in [4.78, 5) is 0. The molecule has 0 bridgehead atoms. The molecule has 3 aliphatic rings. The quantitative estimate of drug-likeness (QED) is 0.858. The molecule has 4 rings (SSSR count). The van der Waals surface area contributed by atoms with Gasteiger partial charge in [-0.2, -0.15) is 9.40 Å². The van der Waals surface area contributed by atoms with Crippen molar-refractivity contribution in [2.45, 2.75) is 62.1 Å². The predicted octanol–water partition coefficient (Wildman–Crippen LogP) is 2.17. The van der Waals surface area contributed by atoms with E-state index in [1.165, 1.54) is 19.3 Å². The van der Waals surface area contributed by atoms with E-state index in [0.717, 1.165) is 25.7 Å². The Hall–Kier alpha value is -0.880. The van der Waals surface area contributed by atoms with Gasteiger partial charge >= 0.3 is 0 Å². The Kier molecular flexibility index (Phi) is 2.93. The molecule has 1 aromatic heterocycles. The maximum absolute atomic E-state index is 13.0. The molecule has 0 aromatic carbocycles. The van der Waals surface area contributed by atoms with Gasteiger partial charge in [0.15, 0.2) is 5.03 Å². The summed E-state index contributed by atoms with van der Waals surface area (Å²) in [6.07, 6.45) is 9.34. The van der Waals surface area contributed by atoms with Crippen molar-refractivity contribution in [2.75, 3.05) is 6.54 Å². The summed E-state index contributed by atoms with van der Waals surface area (Å²) in [6, 6.07) is 2.21. The van der Waals surface area contributed by atoms with Crippen LogP contribution in [0.5, 0.6) is 0 Å². The highest BCUT2D eigenvalue weighted by molar-refractivity contribution is 7.89. The molecule has 5 nitrogen and oxygen atoms in total. The van der Waals surface area contributed by atoms with Crippen molar-refractivity contribution < 1.29 is 8.42 Å². The molecular weight excluding hydrogens is 274 g/mol. The van der Waals surface area contributed by atoms with Crippen molar-refractivity contribution in [3.63, 3.8) is 0 Å². The summed E-state index contributed by atoms with van der Waals surface area (Å²) in [6.45, 7) is 0.688. The first kappa shape index (κ1) is 12.8. The number of sulfonamides is 1. The average molecular weight is 295 g/mol. The van der Waals surface area contributed by atoms with Gasteiger partial charge in [-0.05, 0) is 50.5 Å². The molecule has 1 saturated heterocycles. The van der Waals surface area contributed by atoms with Gasteiger partial charge in [0.2, 0.25) is 0 Å². The average Bonchev–Trinajstić information content (AvgIpc) is 3.00. The van der Waals surface area contributed by atoms with E-state index in [-0.39, 0.29) is 12.1 Å². The molecule has 2 heterocycles. The largest absolute Gasteiger partial charge is 0.260 e. The van der Waals surface area contributed by atoms with Gasteiger partial charge in [-0.1, -0.05) is 6.42 Å². The van der Waals surface area contributed by atoms with E-state index >= 15 is 0 Å². The zero-order chi connectivity index (χ0) is 13.7. The summed E-state index contributed by atoms with van der Waals surface area (Å²) in [7, 11) is -3.37. The highest BCUT2D eigenvalue weighted by atomic mass is 32.2. The molecule has 2 aliphatic carbocycles. The third kappa shape index (κ3) is 1.77. The Labute approximate surface area is 120 Å². The van der Waals surface area contributed by atoms with Crippen LogP contribution in [0.2, 0.25) is 0 Å². The zero-order valence-electron chi connectivity index (χ0n) is 11.6. The highest BCUT2D eigenvalue weighted by Gasteiger charge is 2.45. The van der Waals surface area contributed by atoms with E-state index in [4.69, 9.17) is 0 Å². The number of rotatable bonds is 3. The smallest absolute Gasteiger partial charge is 0.250 e. The van der Waals surface area contributed by atoms with E-state index in [1.807, 2.05) is 0 Å². The Morgan fingerprint density at radius 3 is 2.65 bits per heavy atom. The molecule has 20 heavy (non-hydrogen) atoms. The lowest BCUT2D eigenvalue weighted by atomic mass is 9.93. The van der Waals surface area contributed by atoms with Crippen LogP contribution in [0.1, 0.15) is 51.0 Å². The lowest BCUT2D eigenvalue weighted by Crippen LogP contribution is -2.37. The van der Waals surface area contributed by atoms with Gasteiger partial charge in [0.25, 0.3) is 10.0 Å².